The molecule has 0 saturated carbocycles. The number of nitrogens with two attached hydrogens (primary N) is 1. The van der Waals surface area contributed by atoms with Gasteiger partial charge >= 0.3 is 0 Å². The van der Waals surface area contributed by atoms with Gasteiger partial charge in [-0.2, -0.15) is 0 Å². The standard InChI is InChI=1S/C14H13ClF2N2/c15-11-3-1-9(2-4-11)5-14(19-18)10-6-12(16)8-13(17)7-10/h1-4,6-8,14,19H,5,18H2. The Balaban J connectivity index is 2.22. The van der Waals surface area contributed by atoms with Crippen LogP contribution in [0.5, 0.6) is 0 Å². The number of hydrogen-bond acceptors (Lipinski definition) is 2. The fraction of sp³-hybridized carbons (Fsp3) is 0.143. The van der Waals surface area contributed by atoms with Gasteiger partial charge in [0.15, 0.2) is 0 Å². The third-order valence-electron chi connectivity index (χ3n) is 2.84. The van der Waals surface area contributed by atoms with E-state index in [2.05, 4.69) is 5.43 Å². The molecule has 2 aromatic carbocycles. The Labute approximate surface area is 115 Å². The van der Waals surface area contributed by atoms with Crippen molar-refractivity contribution >= 4 is 11.6 Å². The van der Waals surface area contributed by atoms with Gasteiger partial charge in [0.1, 0.15) is 11.6 Å². The zero-order chi connectivity index (χ0) is 13.8. The zero-order valence-corrected chi connectivity index (χ0v) is 10.8. The molecule has 100 valence electrons. The lowest BCUT2D eigenvalue weighted by atomic mass is 9.99. The summed E-state index contributed by atoms with van der Waals surface area (Å²) in [6, 6.07) is 10.2. The van der Waals surface area contributed by atoms with Crippen molar-refractivity contribution in [1.29, 1.82) is 0 Å². The fourth-order valence-corrected chi connectivity index (χ4v) is 2.03. The monoisotopic (exact) mass is 282 g/mol. The van der Waals surface area contributed by atoms with Crippen molar-refractivity contribution in [2.45, 2.75) is 12.5 Å². The molecule has 3 N–H and O–H groups in total. The van der Waals surface area contributed by atoms with E-state index in [1.165, 1.54) is 12.1 Å². The summed E-state index contributed by atoms with van der Waals surface area (Å²) in [7, 11) is 0. The van der Waals surface area contributed by atoms with Crippen LogP contribution in [0, 0.1) is 11.6 Å². The molecule has 0 heterocycles. The minimum Gasteiger partial charge on any atom is -0.271 e. The highest BCUT2D eigenvalue weighted by Gasteiger charge is 2.13. The van der Waals surface area contributed by atoms with Gasteiger partial charge in [0.2, 0.25) is 0 Å². The van der Waals surface area contributed by atoms with Crippen molar-refractivity contribution in [1.82, 2.24) is 5.43 Å². The number of hydrogen-bond donors (Lipinski definition) is 2. The molecule has 1 atom stereocenters. The zero-order valence-electron chi connectivity index (χ0n) is 10.0. The van der Waals surface area contributed by atoms with Gasteiger partial charge in [0.05, 0.1) is 6.04 Å². The van der Waals surface area contributed by atoms with Gasteiger partial charge in [0.25, 0.3) is 0 Å². The fourth-order valence-electron chi connectivity index (χ4n) is 1.91. The van der Waals surface area contributed by atoms with Gasteiger partial charge in [-0.3, -0.25) is 11.3 Å². The summed E-state index contributed by atoms with van der Waals surface area (Å²) in [6.45, 7) is 0. The predicted octanol–water partition coefficient (Wildman–Crippen LogP) is 3.37. The lowest BCUT2D eigenvalue weighted by molar-refractivity contribution is 0.530. The molecule has 19 heavy (non-hydrogen) atoms. The first-order valence-electron chi connectivity index (χ1n) is 5.75. The largest absolute Gasteiger partial charge is 0.271 e. The Morgan fingerprint density at radius 2 is 1.63 bits per heavy atom. The number of halogens is 3. The second-order valence-electron chi connectivity index (χ2n) is 4.25. The molecule has 2 nitrogen and oxygen atoms in total. The van der Waals surface area contributed by atoms with E-state index in [-0.39, 0.29) is 6.04 Å². The van der Waals surface area contributed by atoms with Crippen molar-refractivity contribution in [3.63, 3.8) is 0 Å². The van der Waals surface area contributed by atoms with E-state index in [0.717, 1.165) is 11.6 Å². The van der Waals surface area contributed by atoms with Crippen LogP contribution < -0.4 is 11.3 Å². The van der Waals surface area contributed by atoms with Gasteiger partial charge in [-0.25, -0.2) is 8.78 Å². The Hall–Kier alpha value is -1.49. The number of nitrogens with one attached hydrogen (secondary N) is 1. The van der Waals surface area contributed by atoms with Crippen LogP contribution in [0.3, 0.4) is 0 Å². The summed E-state index contributed by atoms with van der Waals surface area (Å²) in [5.41, 5.74) is 4.01. The lowest BCUT2D eigenvalue weighted by Crippen LogP contribution is -2.29. The van der Waals surface area contributed by atoms with Crippen molar-refractivity contribution in [2.24, 2.45) is 5.84 Å². The predicted molar refractivity (Wildman–Crippen MR) is 71.6 cm³/mol. The summed E-state index contributed by atoms with van der Waals surface area (Å²) in [6.07, 6.45) is 0.510. The van der Waals surface area contributed by atoms with Crippen LogP contribution in [-0.2, 0) is 6.42 Å². The van der Waals surface area contributed by atoms with Crippen LogP contribution in [0.1, 0.15) is 17.2 Å². The molecular weight excluding hydrogens is 270 g/mol. The highest BCUT2D eigenvalue weighted by Crippen LogP contribution is 2.21. The number of benzene rings is 2. The summed E-state index contributed by atoms with van der Waals surface area (Å²) < 4.78 is 26.4. The van der Waals surface area contributed by atoms with E-state index < -0.39 is 11.6 Å². The van der Waals surface area contributed by atoms with E-state index in [1.807, 2.05) is 12.1 Å². The molecule has 0 spiro atoms. The second kappa shape index (κ2) is 6.10. The Bertz CT molecular complexity index is 538. The molecule has 1 unspecified atom stereocenters. The highest BCUT2D eigenvalue weighted by molar-refractivity contribution is 6.30. The van der Waals surface area contributed by atoms with Crippen LogP contribution in [-0.4, -0.2) is 0 Å². The number of hydrazine groups is 1. The maximum atomic E-state index is 13.2. The Kier molecular flexibility index (Phi) is 4.47. The summed E-state index contributed by atoms with van der Waals surface area (Å²) in [4.78, 5) is 0. The van der Waals surface area contributed by atoms with Crippen molar-refractivity contribution in [2.75, 3.05) is 0 Å². The number of rotatable bonds is 4. The second-order valence-corrected chi connectivity index (χ2v) is 4.69. The van der Waals surface area contributed by atoms with Crippen LogP contribution in [0.4, 0.5) is 8.78 Å². The molecule has 0 aliphatic rings. The van der Waals surface area contributed by atoms with Crippen molar-refractivity contribution < 1.29 is 8.78 Å². The minimum atomic E-state index is -0.619. The average Bonchev–Trinajstić information content (AvgIpc) is 2.37. The SMILES string of the molecule is NNC(Cc1ccc(Cl)cc1)c1cc(F)cc(F)c1. The van der Waals surface area contributed by atoms with E-state index in [0.29, 0.717) is 17.0 Å². The van der Waals surface area contributed by atoms with Gasteiger partial charge in [-0.15, -0.1) is 0 Å². The summed E-state index contributed by atoms with van der Waals surface area (Å²) >= 11 is 5.80. The highest BCUT2D eigenvalue weighted by atomic mass is 35.5. The summed E-state index contributed by atoms with van der Waals surface area (Å²) in [5, 5.41) is 0.637. The van der Waals surface area contributed by atoms with Crippen LogP contribution >= 0.6 is 11.6 Å². The minimum absolute atomic E-state index is 0.369. The van der Waals surface area contributed by atoms with E-state index >= 15 is 0 Å². The van der Waals surface area contributed by atoms with E-state index in [4.69, 9.17) is 17.4 Å². The normalized spacial score (nSPS) is 12.4. The lowest BCUT2D eigenvalue weighted by Gasteiger charge is -2.16. The molecular formula is C14H13ClF2N2. The molecule has 2 aromatic rings. The molecule has 0 aromatic heterocycles. The molecule has 0 aliphatic heterocycles. The van der Waals surface area contributed by atoms with Gasteiger partial charge in [-0.05, 0) is 41.8 Å². The van der Waals surface area contributed by atoms with Gasteiger partial charge in [-0.1, -0.05) is 23.7 Å². The Morgan fingerprint density at radius 1 is 1.05 bits per heavy atom. The average molecular weight is 283 g/mol. The molecule has 0 amide bonds. The molecule has 0 aliphatic carbocycles. The first-order valence-corrected chi connectivity index (χ1v) is 6.13. The first-order chi connectivity index (χ1) is 9.08. The molecule has 0 saturated heterocycles. The maximum absolute atomic E-state index is 13.2. The third-order valence-corrected chi connectivity index (χ3v) is 3.09. The van der Waals surface area contributed by atoms with E-state index in [9.17, 15) is 8.78 Å². The van der Waals surface area contributed by atoms with Gasteiger partial charge in [0, 0.05) is 11.1 Å². The van der Waals surface area contributed by atoms with Crippen molar-refractivity contribution in [3.8, 4) is 0 Å². The molecule has 5 heteroatoms. The molecule has 0 radical (unpaired) electrons. The topological polar surface area (TPSA) is 38.0 Å². The molecule has 0 fully saturated rings. The maximum Gasteiger partial charge on any atom is 0.126 e. The molecule has 0 bridgehead atoms. The van der Waals surface area contributed by atoms with Crippen LogP contribution in [0.15, 0.2) is 42.5 Å². The summed E-state index contributed by atoms with van der Waals surface area (Å²) in [5.74, 6) is 4.22. The smallest absolute Gasteiger partial charge is 0.126 e. The van der Waals surface area contributed by atoms with Gasteiger partial charge < -0.3 is 0 Å². The van der Waals surface area contributed by atoms with E-state index in [1.54, 1.807) is 12.1 Å². The first kappa shape index (κ1) is 13.9. The third kappa shape index (κ3) is 3.73. The molecule has 2 rings (SSSR count). The van der Waals surface area contributed by atoms with Crippen molar-refractivity contribution in [3.05, 3.63) is 70.2 Å². The van der Waals surface area contributed by atoms with Crippen LogP contribution in [0.25, 0.3) is 0 Å². The Morgan fingerprint density at radius 3 is 2.16 bits per heavy atom. The quantitative estimate of drug-likeness (QED) is 0.666. The van der Waals surface area contributed by atoms with Crippen LogP contribution in [0.2, 0.25) is 5.02 Å².